The zero-order valence-electron chi connectivity index (χ0n) is 13.6. The minimum Gasteiger partial charge on any atom is -0.496 e. The number of ether oxygens (including phenoxy) is 1. The summed E-state index contributed by atoms with van der Waals surface area (Å²) in [6.45, 7) is 1.74. The SMILES string of the molecule is COc1ccccc1C(C)=NOc1cc(NC(N)=S)cc([N+](=O)[O-])c1. The molecule has 0 aliphatic carbocycles. The number of nitro groups is 1. The molecule has 0 heterocycles. The van der Waals surface area contributed by atoms with Crippen molar-refractivity contribution in [3.63, 3.8) is 0 Å². The molecular formula is C16H16N4O4S. The van der Waals surface area contributed by atoms with E-state index in [4.69, 9.17) is 27.5 Å². The van der Waals surface area contributed by atoms with Crippen LogP contribution in [0.2, 0.25) is 0 Å². The van der Waals surface area contributed by atoms with Crippen LogP contribution < -0.4 is 20.6 Å². The van der Waals surface area contributed by atoms with E-state index < -0.39 is 4.92 Å². The summed E-state index contributed by atoms with van der Waals surface area (Å²) in [6, 6.07) is 11.4. The minimum absolute atomic E-state index is 0.0137. The fourth-order valence-corrected chi connectivity index (χ4v) is 2.19. The molecule has 0 bridgehead atoms. The minimum atomic E-state index is -0.547. The summed E-state index contributed by atoms with van der Waals surface area (Å²) in [5, 5.41) is 17.7. The molecule has 2 aromatic rings. The fraction of sp³-hybridized carbons (Fsp3) is 0.125. The predicted molar refractivity (Wildman–Crippen MR) is 99.3 cm³/mol. The number of benzene rings is 2. The van der Waals surface area contributed by atoms with E-state index in [2.05, 4.69) is 10.5 Å². The monoisotopic (exact) mass is 360 g/mol. The van der Waals surface area contributed by atoms with Gasteiger partial charge in [-0.2, -0.15) is 0 Å². The molecule has 0 unspecified atom stereocenters. The Labute approximate surface area is 149 Å². The maximum absolute atomic E-state index is 11.0. The third kappa shape index (κ3) is 4.88. The lowest BCUT2D eigenvalue weighted by molar-refractivity contribution is -0.384. The topological polar surface area (TPSA) is 112 Å². The van der Waals surface area contributed by atoms with E-state index in [1.165, 1.54) is 18.2 Å². The van der Waals surface area contributed by atoms with Crippen molar-refractivity contribution < 1.29 is 14.5 Å². The van der Waals surface area contributed by atoms with Gasteiger partial charge >= 0.3 is 0 Å². The summed E-state index contributed by atoms with van der Waals surface area (Å²) in [5.41, 5.74) is 6.85. The van der Waals surface area contributed by atoms with E-state index in [0.717, 1.165) is 5.56 Å². The molecule has 2 rings (SSSR count). The summed E-state index contributed by atoms with van der Waals surface area (Å²) >= 11 is 4.74. The van der Waals surface area contributed by atoms with E-state index in [1.807, 2.05) is 18.2 Å². The molecule has 0 radical (unpaired) electrons. The smallest absolute Gasteiger partial charge is 0.275 e. The van der Waals surface area contributed by atoms with Gasteiger partial charge in [-0.1, -0.05) is 17.3 Å². The Morgan fingerprint density at radius 1 is 1.32 bits per heavy atom. The van der Waals surface area contributed by atoms with Gasteiger partial charge in [0.1, 0.15) is 5.75 Å². The standard InChI is InChI=1S/C16H16N4O4S/c1-10(14-5-3-4-6-15(14)23-2)19-24-13-8-11(18-16(17)25)7-12(9-13)20(21)22/h3-9H,1-2H3,(H3,17,18,25). The number of methoxy groups -OCH3 is 1. The number of hydrogen-bond acceptors (Lipinski definition) is 6. The van der Waals surface area contributed by atoms with Gasteiger partial charge in [0.2, 0.25) is 0 Å². The Kier molecular flexibility index (Phi) is 5.85. The summed E-state index contributed by atoms with van der Waals surface area (Å²) in [7, 11) is 1.56. The first-order valence-corrected chi connectivity index (χ1v) is 7.52. The van der Waals surface area contributed by atoms with Gasteiger partial charge in [0.25, 0.3) is 5.69 Å². The van der Waals surface area contributed by atoms with E-state index >= 15 is 0 Å². The van der Waals surface area contributed by atoms with Gasteiger partial charge in [0.15, 0.2) is 10.9 Å². The molecule has 0 saturated heterocycles. The molecule has 2 aromatic carbocycles. The van der Waals surface area contributed by atoms with Crippen molar-refractivity contribution in [2.45, 2.75) is 6.92 Å². The van der Waals surface area contributed by atoms with E-state index in [0.29, 0.717) is 17.1 Å². The average molecular weight is 360 g/mol. The second-order valence-electron chi connectivity index (χ2n) is 4.93. The van der Waals surface area contributed by atoms with Crippen molar-refractivity contribution >= 4 is 34.4 Å². The van der Waals surface area contributed by atoms with Crippen molar-refractivity contribution in [1.82, 2.24) is 0 Å². The van der Waals surface area contributed by atoms with Crippen molar-refractivity contribution in [2.24, 2.45) is 10.9 Å². The van der Waals surface area contributed by atoms with Crippen LogP contribution in [0.3, 0.4) is 0 Å². The number of oxime groups is 1. The van der Waals surface area contributed by atoms with Crippen molar-refractivity contribution in [2.75, 3.05) is 12.4 Å². The predicted octanol–water partition coefficient (Wildman–Crippen LogP) is 3.06. The number of nitrogens with two attached hydrogens (primary N) is 1. The molecular weight excluding hydrogens is 344 g/mol. The number of nitrogens with zero attached hydrogens (tertiary/aromatic N) is 2. The molecule has 0 aromatic heterocycles. The largest absolute Gasteiger partial charge is 0.496 e. The molecule has 0 amide bonds. The fourth-order valence-electron chi connectivity index (χ4n) is 2.07. The second kappa shape index (κ2) is 8.06. The Morgan fingerprint density at radius 2 is 2.04 bits per heavy atom. The van der Waals surface area contributed by atoms with Crippen LogP contribution in [0.1, 0.15) is 12.5 Å². The maximum Gasteiger partial charge on any atom is 0.275 e. The molecule has 0 aliphatic rings. The molecule has 8 nitrogen and oxygen atoms in total. The first-order chi connectivity index (χ1) is 11.9. The third-order valence-electron chi connectivity index (χ3n) is 3.15. The highest BCUT2D eigenvalue weighted by atomic mass is 32.1. The lowest BCUT2D eigenvalue weighted by Crippen LogP contribution is -2.18. The number of non-ortho nitro benzene ring substituents is 1. The molecule has 0 aliphatic heterocycles. The molecule has 25 heavy (non-hydrogen) atoms. The maximum atomic E-state index is 11.0. The summed E-state index contributed by atoms with van der Waals surface area (Å²) in [5.74, 6) is 0.810. The summed E-state index contributed by atoms with van der Waals surface area (Å²) < 4.78 is 5.27. The van der Waals surface area contributed by atoms with E-state index in [1.54, 1.807) is 20.1 Å². The molecule has 9 heteroatoms. The first kappa shape index (κ1) is 18.1. The number of hydrogen-bond donors (Lipinski definition) is 2. The molecule has 0 fully saturated rings. The van der Waals surface area contributed by atoms with Gasteiger partial charge in [-0.05, 0) is 31.3 Å². The number of nitro benzene ring substituents is 1. The Morgan fingerprint density at radius 3 is 2.68 bits per heavy atom. The van der Waals surface area contributed by atoms with Crippen LogP contribution in [0.4, 0.5) is 11.4 Å². The number of rotatable bonds is 6. The zero-order valence-corrected chi connectivity index (χ0v) is 14.4. The van der Waals surface area contributed by atoms with Crippen LogP contribution in [0.25, 0.3) is 0 Å². The van der Waals surface area contributed by atoms with Crippen LogP contribution in [-0.2, 0) is 0 Å². The third-order valence-corrected chi connectivity index (χ3v) is 3.26. The highest BCUT2D eigenvalue weighted by Gasteiger charge is 2.12. The molecule has 3 N–H and O–H groups in total. The van der Waals surface area contributed by atoms with Gasteiger partial charge in [-0.3, -0.25) is 10.1 Å². The van der Waals surface area contributed by atoms with E-state index in [-0.39, 0.29) is 16.5 Å². The highest BCUT2D eigenvalue weighted by molar-refractivity contribution is 7.80. The van der Waals surface area contributed by atoms with E-state index in [9.17, 15) is 10.1 Å². The van der Waals surface area contributed by atoms with Crippen LogP contribution in [-0.4, -0.2) is 22.9 Å². The number of thiocarbonyl (C=S) groups is 1. The summed E-state index contributed by atoms with van der Waals surface area (Å²) in [6.07, 6.45) is 0. The van der Waals surface area contributed by atoms with Gasteiger partial charge < -0.3 is 20.6 Å². The highest BCUT2D eigenvalue weighted by Crippen LogP contribution is 2.26. The van der Waals surface area contributed by atoms with Crippen LogP contribution in [0.15, 0.2) is 47.6 Å². The Balaban J connectivity index is 2.30. The Hall–Kier alpha value is -3.20. The average Bonchev–Trinajstić information content (AvgIpc) is 2.58. The molecule has 0 spiro atoms. The van der Waals surface area contributed by atoms with Gasteiger partial charge in [0.05, 0.1) is 29.5 Å². The van der Waals surface area contributed by atoms with Crippen LogP contribution in [0, 0.1) is 10.1 Å². The van der Waals surface area contributed by atoms with Crippen LogP contribution in [0.5, 0.6) is 11.5 Å². The van der Waals surface area contributed by atoms with Crippen molar-refractivity contribution in [3.05, 3.63) is 58.1 Å². The zero-order chi connectivity index (χ0) is 18.4. The molecule has 130 valence electrons. The lowest BCUT2D eigenvalue weighted by Gasteiger charge is -2.08. The normalized spacial score (nSPS) is 10.9. The summed E-state index contributed by atoms with van der Waals surface area (Å²) in [4.78, 5) is 15.8. The number of para-hydroxylation sites is 1. The number of nitrogens with one attached hydrogen (secondary N) is 1. The quantitative estimate of drug-likeness (QED) is 0.352. The van der Waals surface area contributed by atoms with Gasteiger partial charge in [0, 0.05) is 17.7 Å². The van der Waals surface area contributed by atoms with Gasteiger partial charge in [-0.25, -0.2) is 0 Å². The molecule has 0 saturated carbocycles. The molecule has 0 atom stereocenters. The number of anilines is 1. The second-order valence-corrected chi connectivity index (χ2v) is 5.37. The van der Waals surface area contributed by atoms with Crippen molar-refractivity contribution in [3.8, 4) is 11.5 Å². The van der Waals surface area contributed by atoms with Crippen molar-refractivity contribution in [1.29, 1.82) is 0 Å². The lowest BCUT2D eigenvalue weighted by atomic mass is 10.1. The Bertz CT molecular complexity index is 839. The van der Waals surface area contributed by atoms with Gasteiger partial charge in [-0.15, -0.1) is 0 Å². The van der Waals surface area contributed by atoms with Crippen LogP contribution >= 0.6 is 12.2 Å². The first-order valence-electron chi connectivity index (χ1n) is 7.11.